The lowest BCUT2D eigenvalue weighted by Crippen LogP contribution is -2.19. The smallest absolute Gasteiger partial charge is 0.316 e. The summed E-state index contributed by atoms with van der Waals surface area (Å²) in [4.78, 5) is 22.0. The number of esters is 1. The summed E-state index contributed by atoms with van der Waals surface area (Å²) in [6.45, 7) is 1.97. The van der Waals surface area contributed by atoms with Crippen molar-refractivity contribution >= 4 is 11.8 Å². The normalized spacial score (nSPS) is 30.5. The van der Waals surface area contributed by atoms with Crippen LogP contribution in [0.25, 0.3) is 0 Å². The fourth-order valence-electron chi connectivity index (χ4n) is 1.47. The highest BCUT2D eigenvalue weighted by Gasteiger charge is 2.35. The zero-order valence-electron chi connectivity index (χ0n) is 6.79. The number of methoxy groups -OCH3 is 1. The number of carbonyl (C=O) groups excluding carboxylic acids is 2. The van der Waals surface area contributed by atoms with E-state index in [0.29, 0.717) is 18.8 Å². The second kappa shape index (κ2) is 3.03. The molecular formula is C8H12O3. The van der Waals surface area contributed by atoms with Crippen LogP contribution in [-0.2, 0) is 14.3 Å². The molecule has 0 amide bonds. The van der Waals surface area contributed by atoms with Gasteiger partial charge in [-0.25, -0.2) is 0 Å². The summed E-state index contributed by atoms with van der Waals surface area (Å²) in [5, 5.41) is 0. The molecule has 0 aromatic heterocycles. The summed E-state index contributed by atoms with van der Waals surface area (Å²) in [6, 6.07) is 0. The van der Waals surface area contributed by atoms with Crippen LogP contribution in [0, 0.1) is 11.8 Å². The Hall–Kier alpha value is -0.860. The van der Waals surface area contributed by atoms with E-state index in [1.165, 1.54) is 7.11 Å². The largest absolute Gasteiger partial charge is 0.468 e. The molecule has 2 atom stereocenters. The molecule has 1 aliphatic carbocycles. The van der Waals surface area contributed by atoms with Gasteiger partial charge in [-0.15, -0.1) is 0 Å². The average molecular weight is 156 g/mol. The molecule has 0 heterocycles. The maximum absolute atomic E-state index is 11.1. The second-order valence-corrected chi connectivity index (χ2v) is 3.09. The molecule has 3 nitrogen and oxygen atoms in total. The van der Waals surface area contributed by atoms with E-state index in [0.717, 1.165) is 0 Å². The first-order valence-electron chi connectivity index (χ1n) is 3.75. The van der Waals surface area contributed by atoms with E-state index in [1.54, 1.807) is 0 Å². The Balaban J connectivity index is 2.60. The van der Waals surface area contributed by atoms with Crippen molar-refractivity contribution in [3.63, 3.8) is 0 Å². The molecule has 1 fully saturated rings. The van der Waals surface area contributed by atoms with E-state index in [9.17, 15) is 9.59 Å². The molecule has 0 saturated heterocycles. The maximum Gasteiger partial charge on any atom is 0.316 e. The van der Waals surface area contributed by atoms with Crippen LogP contribution in [-0.4, -0.2) is 18.9 Å². The molecule has 11 heavy (non-hydrogen) atoms. The van der Waals surface area contributed by atoms with Crippen LogP contribution >= 0.6 is 0 Å². The summed E-state index contributed by atoms with van der Waals surface area (Å²) in [5.74, 6) is -0.481. The zero-order chi connectivity index (χ0) is 8.43. The van der Waals surface area contributed by atoms with Gasteiger partial charge < -0.3 is 4.74 Å². The summed E-state index contributed by atoms with van der Waals surface area (Å²) >= 11 is 0. The standard InChI is InChI=1S/C8H12O3/c1-5-3-6(7(9)4-5)8(10)11-2/h5-6H,3-4H2,1-2H3/t5-,6-/m0/s1. The van der Waals surface area contributed by atoms with Crippen LogP contribution in [0.3, 0.4) is 0 Å². The van der Waals surface area contributed by atoms with E-state index < -0.39 is 5.92 Å². The third kappa shape index (κ3) is 1.59. The Labute approximate surface area is 65.7 Å². The lowest BCUT2D eigenvalue weighted by atomic mass is 10.1. The highest BCUT2D eigenvalue weighted by molar-refractivity contribution is 6.00. The Morgan fingerprint density at radius 1 is 1.64 bits per heavy atom. The SMILES string of the molecule is COC(=O)[C@H]1C[C@H](C)CC1=O. The highest BCUT2D eigenvalue weighted by Crippen LogP contribution is 2.27. The van der Waals surface area contributed by atoms with Gasteiger partial charge in [0.1, 0.15) is 11.7 Å². The zero-order valence-corrected chi connectivity index (χ0v) is 6.79. The third-order valence-electron chi connectivity index (χ3n) is 2.06. The molecule has 0 aromatic carbocycles. The Morgan fingerprint density at radius 2 is 2.27 bits per heavy atom. The van der Waals surface area contributed by atoms with Crippen LogP contribution < -0.4 is 0 Å². The predicted octanol–water partition coefficient (Wildman–Crippen LogP) is 0.775. The molecule has 0 N–H and O–H groups in total. The number of rotatable bonds is 1. The van der Waals surface area contributed by atoms with Crippen LogP contribution in [0.1, 0.15) is 19.8 Å². The lowest BCUT2D eigenvalue weighted by molar-refractivity contribution is -0.148. The second-order valence-electron chi connectivity index (χ2n) is 3.09. The van der Waals surface area contributed by atoms with Crippen molar-refractivity contribution in [2.45, 2.75) is 19.8 Å². The lowest BCUT2D eigenvalue weighted by Gasteiger charge is -2.03. The Morgan fingerprint density at radius 3 is 2.64 bits per heavy atom. The van der Waals surface area contributed by atoms with Crippen molar-refractivity contribution in [3.8, 4) is 0 Å². The number of hydrogen-bond acceptors (Lipinski definition) is 3. The van der Waals surface area contributed by atoms with Crippen LogP contribution in [0.15, 0.2) is 0 Å². The number of hydrogen-bond donors (Lipinski definition) is 0. The number of ether oxygens (including phenoxy) is 1. The minimum atomic E-state index is -0.477. The van der Waals surface area contributed by atoms with Gasteiger partial charge in [0, 0.05) is 6.42 Å². The first-order valence-corrected chi connectivity index (χ1v) is 3.75. The van der Waals surface area contributed by atoms with Crippen molar-refractivity contribution in [1.29, 1.82) is 0 Å². The summed E-state index contributed by atoms with van der Waals surface area (Å²) in [7, 11) is 1.32. The topological polar surface area (TPSA) is 43.4 Å². The van der Waals surface area contributed by atoms with Gasteiger partial charge in [0.25, 0.3) is 0 Å². The van der Waals surface area contributed by atoms with E-state index in [4.69, 9.17) is 0 Å². The molecule has 0 bridgehead atoms. The van der Waals surface area contributed by atoms with Gasteiger partial charge in [0.15, 0.2) is 0 Å². The highest BCUT2D eigenvalue weighted by atomic mass is 16.5. The van der Waals surface area contributed by atoms with Crippen LogP contribution in [0.5, 0.6) is 0 Å². The van der Waals surface area contributed by atoms with Crippen molar-refractivity contribution in [2.24, 2.45) is 11.8 Å². The summed E-state index contributed by atoms with van der Waals surface area (Å²) in [5.41, 5.74) is 0. The minimum absolute atomic E-state index is 0.0318. The molecule has 1 rings (SSSR count). The van der Waals surface area contributed by atoms with Crippen LogP contribution in [0.4, 0.5) is 0 Å². The number of carbonyl (C=O) groups is 2. The molecule has 0 aromatic rings. The summed E-state index contributed by atoms with van der Waals surface area (Å²) < 4.78 is 4.49. The predicted molar refractivity (Wildman–Crippen MR) is 38.9 cm³/mol. The first-order chi connectivity index (χ1) is 5.15. The molecule has 1 aliphatic rings. The molecule has 0 spiro atoms. The van der Waals surface area contributed by atoms with Crippen molar-refractivity contribution in [3.05, 3.63) is 0 Å². The van der Waals surface area contributed by atoms with Gasteiger partial charge in [0.2, 0.25) is 0 Å². The van der Waals surface area contributed by atoms with E-state index in [-0.39, 0.29) is 11.8 Å². The Kier molecular flexibility index (Phi) is 2.27. The van der Waals surface area contributed by atoms with E-state index in [1.807, 2.05) is 6.92 Å². The molecular weight excluding hydrogens is 144 g/mol. The molecule has 62 valence electrons. The monoisotopic (exact) mass is 156 g/mol. The fourth-order valence-corrected chi connectivity index (χ4v) is 1.47. The summed E-state index contributed by atoms with van der Waals surface area (Å²) in [6.07, 6.45) is 1.19. The van der Waals surface area contributed by atoms with Gasteiger partial charge in [-0.2, -0.15) is 0 Å². The molecule has 0 unspecified atom stereocenters. The minimum Gasteiger partial charge on any atom is -0.468 e. The van der Waals surface area contributed by atoms with Gasteiger partial charge >= 0.3 is 5.97 Å². The van der Waals surface area contributed by atoms with E-state index in [2.05, 4.69) is 4.74 Å². The molecule has 0 radical (unpaired) electrons. The molecule has 3 heteroatoms. The van der Waals surface area contributed by atoms with Crippen molar-refractivity contribution in [2.75, 3.05) is 7.11 Å². The van der Waals surface area contributed by atoms with Gasteiger partial charge in [0.05, 0.1) is 7.11 Å². The van der Waals surface area contributed by atoms with Gasteiger partial charge in [-0.1, -0.05) is 6.92 Å². The van der Waals surface area contributed by atoms with Gasteiger partial charge in [-0.3, -0.25) is 9.59 Å². The first kappa shape index (κ1) is 8.24. The van der Waals surface area contributed by atoms with Crippen molar-refractivity contribution < 1.29 is 14.3 Å². The van der Waals surface area contributed by atoms with Crippen LogP contribution in [0.2, 0.25) is 0 Å². The van der Waals surface area contributed by atoms with Crippen molar-refractivity contribution in [1.82, 2.24) is 0 Å². The number of ketones is 1. The fraction of sp³-hybridized carbons (Fsp3) is 0.750. The maximum atomic E-state index is 11.1. The average Bonchev–Trinajstić information content (AvgIpc) is 2.28. The third-order valence-corrected chi connectivity index (χ3v) is 2.06. The van der Waals surface area contributed by atoms with E-state index >= 15 is 0 Å². The molecule has 1 saturated carbocycles. The van der Waals surface area contributed by atoms with Gasteiger partial charge in [-0.05, 0) is 12.3 Å². The number of Topliss-reactive ketones (excluding diaryl/α,β-unsaturated/α-hetero) is 1. The molecule has 0 aliphatic heterocycles. The Bertz CT molecular complexity index is 178. The quantitative estimate of drug-likeness (QED) is 0.416.